The van der Waals surface area contributed by atoms with E-state index in [0.717, 1.165) is 43.4 Å². The van der Waals surface area contributed by atoms with E-state index in [2.05, 4.69) is 19.9 Å². The third kappa shape index (κ3) is 2.93. The average molecular weight is 459 g/mol. The first kappa shape index (κ1) is 21.9. The van der Waals surface area contributed by atoms with E-state index in [1.54, 1.807) is 6.07 Å². The van der Waals surface area contributed by atoms with Gasteiger partial charge >= 0.3 is 12.1 Å². The molecule has 178 valence electrons. The number of fused-ring (bicyclic) bond motifs is 5. The summed E-state index contributed by atoms with van der Waals surface area (Å²) in [7, 11) is 0. The Kier molecular flexibility index (Phi) is 4.62. The summed E-state index contributed by atoms with van der Waals surface area (Å²) in [4.78, 5) is 13.8. The lowest BCUT2D eigenvalue weighted by molar-refractivity contribution is -0.139. The van der Waals surface area contributed by atoms with E-state index in [-0.39, 0.29) is 21.8 Å². The van der Waals surface area contributed by atoms with Crippen LogP contribution in [0.25, 0.3) is 0 Å². The molecule has 0 spiro atoms. The molecule has 0 N–H and O–H groups in total. The van der Waals surface area contributed by atoms with Crippen LogP contribution < -0.4 is 4.48 Å². The van der Waals surface area contributed by atoms with Gasteiger partial charge in [-0.3, -0.25) is 0 Å². The van der Waals surface area contributed by atoms with E-state index in [1.165, 1.54) is 44.2 Å². The number of piperidine rings is 1. The molecule has 1 heterocycles. The zero-order valence-corrected chi connectivity index (χ0v) is 19.8. The summed E-state index contributed by atoms with van der Waals surface area (Å²) in [5, 5.41) is 0. The fourth-order valence-corrected chi connectivity index (χ4v) is 8.87. The lowest BCUT2D eigenvalue weighted by Crippen LogP contribution is -2.65. The Bertz CT molecular complexity index is 1030. The third-order valence-corrected chi connectivity index (χ3v) is 10.5. The monoisotopic (exact) mass is 458 g/mol. The van der Waals surface area contributed by atoms with E-state index in [4.69, 9.17) is 0 Å². The smallest absolute Gasteiger partial charge is 0.230 e. The van der Waals surface area contributed by atoms with Gasteiger partial charge in [0, 0.05) is 30.4 Å². The molecule has 5 aliphatic rings. The molecule has 1 aromatic rings. The lowest BCUT2D eigenvalue weighted by Gasteiger charge is -2.59. The van der Waals surface area contributed by atoms with Crippen LogP contribution in [0.2, 0.25) is 0 Å². The van der Waals surface area contributed by atoms with Gasteiger partial charge in [0.25, 0.3) is 0 Å². The van der Waals surface area contributed by atoms with Crippen LogP contribution in [0.15, 0.2) is 36.0 Å². The largest absolute Gasteiger partial charge is 0.416 e. The minimum atomic E-state index is -4.41. The van der Waals surface area contributed by atoms with Gasteiger partial charge in [-0.25, -0.2) is 4.79 Å². The number of quaternary nitrogens is 1. The van der Waals surface area contributed by atoms with Gasteiger partial charge in [-0.2, -0.15) is 17.7 Å². The molecular formula is C28H35F3NO+. The topological polar surface area (TPSA) is 17.1 Å². The molecule has 6 atom stereocenters. The van der Waals surface area contributed by atoms with Crippen LogP contribution in [0.5, 0.6) is 0 Å². The average Bonchev–Trinajstić information content (AvgIpc) is 3.54. The van der Waals surface area contributed by atoms with Crippen molar-refractivity contribution in [3.8, 4) is 0 Å². The van der Waals surface area contributed by atoms with Gasteiger partial charge < -0.3 is 0 Å². The molecule has 1 aliphatic heterocycles. The summed E-state index contributed by atoms with van der Waals surface area (Å²) in [6.07, 6.45) is 8.43. The van der Waals surface area contributed by atoms with Crippen molar-refractivity contribution in [3.05, 3.63) is 41.6 Å². The molecule has 1 aromatic carbocycles. The van der Waals surface area contributed by atoms with E-state index in [9.17, 15) is 18.0 Å². The molecule has 6 rings (SSSR count). The van der Waals surface area contributed by atoms with Crippen LogP contribution >= 0.6 is 0 Å². The number of carbonyl (C=O) groups excluding carboxylic acids is 1. The number of allylic oxidation sites excluding steroid dienone is 2. The fraction of sp³-hybridized carbons (Fsp3) is 0.679. The fourth-order valence-electron chi connectivity index (χ4n) is 8.87. The lowest BCUT2D eigenvalue weighted by atomic mass is 9.49. The van der Waals surface area contributed by atoms with Crippen LogP contribution in [0, 0.1) is 28.6 Å². The van der Waals surface area contributed by atoms with Gasteiger partial charge in [-0.05, 0) is 73.8 Å². The predicted octanol–water partition coefficient (Wildman–Crippen LogP) is 7.62. The minimum absolute atomic E-state index is 0.0611. The zero-order chi connectivity index (χ0) is 23.2. The van der Waals surface area contributed by atoms with Gasteiger partial charge in [0.15, 0.2) is 0 Å². The van der Waals surface area contributed by atoms with Gasteiger partial charge in [0.1, 0.15) is 17.4 Å². The summed E-state index contributed by atoms with van der Waals surface area (Å²) in [6.45, 7) is 4.84. The Labute approximate surface area is 194 Å². The Balaban J connectivity index is 1.50. The van der Waals surface area contributed by atoms with Gasteiger partial charge in [-0.15, -0.1) is 0 Å². The quantitative estimate of drug-likeness (QED) is 0.417. The van der Waals surface area contributed by atoms with Gasteiger partial charge in [-0.1, -0.05) is 26.3 Å². The number of hydrogen-bond donors (Lipinski definition) is 0. The Morgan fingerprint density at radius 3 is 2.52 bits per heavy atom. The standard InChI is InChI=1S/C28H35F3NO/c1-26-14-4-7-22(26)21-10-11-24-27(2,23(21)12-15-26)16-13-25(33)32(24,19-8-9-19)20-6-3-5-18(17-20)28(29,30)31/h3,5-6,11,17,19,21-23H,4,7-10,12-16H2,1-2H3/q+1/t21-,22-,23-,26-,27+,32?/m0/s1. The second-order valence-corrected chi connectivity index (χ2v) is 12.1. The first-order valence-electron chi connectivity index (χ1n) is 12.9. The highest BCUT2D eigenvalue weighted by molar-refractivity contribution is 5.94. The summed E-state index contributed by atoms with van der Waals surface area (Å²) >= 11 is 0. The molecule has 0 radical (unpaired) electrons. The van der Waals surface area contributed by atoms with Crippen molar-refractivity contribution in [2.24, 2.45) is 28.6 Å². The van der Waals surface area contributed by atoms with E-state index in [0.29, 0.717) is 29.4 Å². The maximum Gasteiger partial charge on any atom is 0.416 e. The van der Waals surface area contributed by atoms with Gasteiger partial charge in [0.2, 0.25) is 0 Å². The highest BCUT2D eigenvalue weighted by Gasteiger charge is 2.66. The van der Waals surface area contributed by atoms with Crippen LogP contribution in [0.1, 0.15) is 83.6 Å². The van der Waals surface area contributed by atoms with E-state index in [1.807, 2.05) is 0 Å². The molecule has 2 nitrogen and oxygen atoms in total. The number of nitrogens with zero attached hydrogens (tertiary/aromatic N) is 1. The van der Waals surface area contributed by atoms with E-state index >= 15 is 0 Å². The minimum Gasteiger partial charge on any atom is -0.230 e. The van der Waals surface area contributed by atoms with Crippen LogP contribution in [-0.4, -0.2) is 11.9 Å². The molecule has 1 amide bonds. The summed E-state index contributed by atoms with van der Waals surface area (Å²) in [6, 6.07) is 5.76. The summed E-state index contributed by atoms with van der Waals surface area (Å²) in [5.41, 5.74) is 1.36. The number of carbonyl (C=O) groups is 1. The number of rotatable bonds is 2. The zero-order valence-electron chi connectivity index (χ0n) is 19.8. The molecule has 5 heteroatoms. The second kappa shape index (κ2) is 6.96. The SMILES string of the molecule is C[C@@]12CCC[C@H]1[C@@H]1CC=C3[C@](C)(CCC(=O)[N+]3(c3cccc(C(F)(F)F)c3)C3CC3)[C@H]1CC2. The van der Waals surface area contributed by atoms with Crippen molar-refractivity contribution >= 4 is 11.6 Å². The molecule has 0 aromatic heterocycles. The maximum atomic E-state index is 13.8. The molecule has 4 aliphatic carbocycles. The molecule has 4 fully saturated rings. The van der Waals surface area contributed by atoms with Crippen molar-refractivity contribution < 1.29 is 18.0 Å². The second-order valence-electron chi connectivity index (χ2n) is 12.1. The van der Waals surface area contributed by atoms with Crippen molar-refractivity contribution in [1.82, 2.24) is 4.48 Å². The van der Waals surface area contributed by atoms with Crippen molar-refractivity contribution in [2.45, 2.75) is 90.3 Å². The Morgan fingerprint density at radius 1 is 1.00 bits per heavy atom. The Morgan fingerprint density at radius 2 is 1.79 bits per heavy atom. The highest BCUT2D eigenvalue weighted by atomic mass is 19.4. The first-order chi connectivity index (χ1) is 15.6. The molecule has 3 saturated carbocycles. The third-order valence-electron chi connectivity index (χ3n) is 10.5. The summed E-state index contributed by atoms with van der Waals surface area (Å²) < 4.78 is 41.0. The molecular weight excluding hydrogens is 423 g/mol. The number of likely N-dealkylation sites (tertiary alicyclic amines) is 1. The van der Waals surface area contributed by atoms with E-state index < -0.39 is 11.7 Å². The van der Waals surface area contributed by atoms with Crippen molar-refractivity contribution in [1.29, 1.82) is 0 Å². The van der Waals surface area contributed by atoms with Crippen LogP contribution in [0.3, 0.4) is 0 Å². The highest BCUT2D eigenvalue weighted by Crippen LogP contribution is 2.67. The van der Waals surface area contributed by atoms with Gasteiger partial charge in [0.05, 0.1) is 12.0 Å². The summed E-state index contributed by atoms with van der Waals surface area (Å²) in [5.74, 6) is 2.03. The molecule has 1 saturated heterocycles. The number of amides is 1. The number of halogens is 3. The van der Waals surface area contributed by atoms with Crippen LogP contribution in [-0.2, 0) is 11.0 Å². The normalized spacial score (nSPS) is 42.9. The first-order valence-corrected chi connectivity index (χ1v) is 12.9. The molecule has 0 bridgehead atoms. The van der Waals surface area contributed by atoms with Crippen LogP contribution in [0.4, 0.5) is 18.9 Å². The number of alkyl halides is 3. The van der Waals surface area contributed by atoms with Crippen molar-refractivity contribution in [3.63, 3.8) is 0 Å². The Hall–Kier alpha value is -1.62. The number of benzene rings is 1. The maximum absolute atomic E-state index is 13.8. The van der Waals surface area contributed by atoms with Crippen molar-refractivity contribution in [2.75, 3.05) is 0 Å². The predicted molar refractivity (Wildman–Crippen MR) is 123 cm³/mol. The molecule has 1 unspecified atom stereocenters. The molecule has 33 heavy (non-hydrogen) atoms. The number of hydrogen-bond acceptors (Lipinski definition) is 1.